The quantitative estimate of drug-likeness (QED) is 0.115. The number of nitrogens with one attached hydrogen (secondary N) is 1. The Morgan fingerprint density at radius 1 is 1.02 bits per heavy atom. The Labute approximate surface area is 277 Å². The van der Waals surface area contributed by atoms with E-state index in [1.165, 1.54) is 0 Å². The van der Waals surface area contributed by atoms with Crippen molar-refractivity contribution in [2.75, 3.05) is 18.9 Å². The zero-order chi connectivity index (χ0) is 34.0. The normalized spacial score (nSPS) is 35.0. The van der Waals surface area contributed by atoms with Gasteiger partial charge in [-0.05, 0) is 17.5 Å². The van der Waals surface area contributed by atoms with E-state index in [0.717, 1.165) is 21.8 Å². The number of ether oxygens (including phenoxy) is 2. The number of imidazole rings is 1. The van der Waals surface area contributed by atoms with Gasteiger partial charge >= 0.3 is 242 Å². The van der Waals surface area contributed by atoms with Crippen molar-refractivity contribution in [1.29, 1.82) is 0 Å². The second-order valence-corrected chi connectivity index (χ2v) is 15.8. The van der Waals surface area contributed by atoms with Gasteiger partial charge in [0, 0.05) is 0 Å². The van der Waals surface area contributed by atoms with E-state index in [9.17, 15) is 36.9 Å². The van der Waals surface area contributed by atoms with E-state index in [0.29, 0.717) is 0 Å². The SMILES string of the molecule is Nc1nc2c(ncn2[C@@H]2O[C@@H]3COP(=O)(O)OC4C[C@H](n5ccc6ccccc65)O[C@@H]4COP(=O)(O)OC2C3O[I-]C(F)(F)F)c(=O)[nH]1. The van der Waals surface area contributed by atoms with Gasteiger partial charge in [0.2, 0.25) is 0 Å². The second-order valence-electron chi connectivity index (χ2n) is 10.8. The number of alkyl halides is 4. The summed E-state index contributed by atoms with van der Waals surface area (Å²) in [6.45, 7) is -1.63. The van der Waals surface area contributed by atoms with Crippen LogP contribution >= 0.6 is 15.6 Å². The number of phosphoric acid groups is 2. The molecular formula is C24H25F3IN6O12P2-. The summed E-state index contributed by atoms with van der Waals surface area (Å²) in [6.07, 6.45) is -7.46. The molecule has 3 saturated heterocycles. The van der Waals surface area contributed by atoms with Crippen LogP contribution < -0.4 is 32.9 Å². The summed E-state index contributed by atoms with van der Waals surface area (Å²) in [7, 11) is -10.2. The van der Waals surface area contributed by atoms with Crippen LogP contribution in [0, 0.1) is 0 Å². The summed E-state index contributed by atoms with van der Waals surface area (Å²) < 4.78 is 103. The number of H-pyrrole nitrogens is 1. The van der Waals surface area contributed by atoms with Crippen LogP contribution in [0.15, 0.2) is 47.7 Å². The van der Waals surface area contributed by atoms with Crippen LogP contribution in [0.3, 0.4) is 0 Å². The summed E-state index contributed by atoms with van der Waals surface area (Å²) in [5, 5.41) is 0.882. The van der Waals surface area contributed by atoms with E-state index < -0.39 is 103 Å². The Kier molecular flexibility index (Phi) is 8.99. The number of fused-ring (bicyclic) bond motifs is 5. The molecule has 48 heavy (non-hydrogen) atoms. The molecule has 3 fully saturated rings. The third kappa shape index (κ3) is 6.94. The zero-order valence-corrected chi connectivity index (χ0v) is 27.9. The van der Waals surface area contributed by atoms with E-state index in [4.69, 9.17) is 36.4 Å². The summed E-state index contributed by atoms with van der Waals surface area (Å²) in [4.78, 5) is 44.1. The Morgan fingerprint density at radius 3 is 2.52 bits per heavy atom. The van der Waals surface area contributed by atoms with Gasteiger partial charge in [-0.15, -0.1) is 0 Å². The van der Waals surface area contributed by atoms with Gasteiger partial charge in [0.05, 0.1) is 0 Å². The number of para-hydroxylation sites is 1. The fourth-order valence-corrected chi connectivity index (χ4v) is 8.81. The molecule has 24 heteroatoms. The summed E-state index contributed by atoms with van der Waals surface area (Å²) >= 11 is -3.07. The average molecular weight is 835 g/mol. The number of nitrogens with zero attached hydrogens (tertiary/aromatic N) is 4. The maximum atomic E-state index is 13.4. The van der Waals surface area contributed by atoms with Crippen molar-refractivity contribution in [3.63, 3.8) is 0 Å². The first-order chi connectivity index (χ1) is 22.7. The molecule has 5 N–H and O–H groups in total. The number of halogens is 4. The van der Waals surface area contributed by atoms with Crippen molar-refractivity contribution >= 4 is 43.7 Å². The number of benzene rings is 1. The number of anilines is 1. The minimum atomic E-state index is -5.21. The molecule has 1 aromatic carbocycles. The van der Waals surface area contributed by atoms with Crippen LogP contribution in [-0.4, -0.2) is 81.8 Å². The minimum absolute atomic E-state index is 0.0213. The van der Waals surface area contributed by atoms with Crippen molar-refractivity contribution in [2.24, 2.45) is 0 Å². The first-order valence-electron chi connectivity index (χ1n) is 14.0. The fourth-order valence-electron chi connectivity index (χ4n) is 5.73. The molecule has 0 saturated carbocycles. The summed E-state index contributed by atoms with van der Waals surface area (Å²) in [5.74, 6) is -0.352. The van der Waals surface area contributed by atoms with Gasteiger partial charge in [0.1, 0.15) is 0 Å². The predicted octanol–water partition coefficient (Wildman–Crippen LogP) is -0.531. The van der Waals surface area contributed by atoms with E-state index in [-0.39, 0.29) is 23.5 Å². The van der Waals surface area contributed by atoms with Gasteiger partial charge < -0.3 is 0 Å². The molecule has 0 amide bonds. The van der Waals surface area contributed by atoms with Gasteiger partial charge in [-0.1, -0.05) is 18.2 Å². The van der Waals surface area contributed by atoms with E-state index in [1.807, 2.05) is 30.3 Å². The van der Waals surface area contributed by atoms with Crippen molar-refractivity contribution in [1.82, 2.24) is 24.1 Å². The molecule has 6 heterocycles. The molecule has 0 radical (unpaired) electrons. The Balaban J connectivity index is 1.22. The molecule has 2 bridgehead atoms. The first-order valence-corrected chi connectivity index (χ1v) is 18.9. The van der Waals surface area contributed by atoms with Gasteiger partial charge in [0.15, 0.2) is 0 Å². The first kappa shape index (κ1) is 34.0. The Bertz CT molecular complexity index is 1990. The molecule has 3 aliphatic heterocycles. The summed E-state index contributed by atoms with van der Waals surface area (Å²) in [5.41, 5.74) is 5.19. The summed E-state index contributed by atoms with van der Waals surface area (Å²) in [6, 6.07) is 9.18. The second kappa shape index (κ2) is 12.7. The van der Waals surface area contributed by atoms with Crippen LogP contribution in [0.1, 0.15) is 18.9 Å². The molecule has 0 aliphatic carbocycles. The van der Waals surface area contributed by atoms with Crippen LogP contribution in [0.5, 0.6) is 0 Å². The number of rotatable bonds is 4. The maximum absolute atomic E-state index is 13.4. The van der Waals surface area contributed by atoms with Crippen LogP contribution in [0.4, 0.5) is 19.1 Å². The molecule has 3 aliphatic rings. The third-order valence-corrected chi connectivity index (χ3v) is 11.0. The standard InChI is InChI=1S/C24H25F3IN6O12P2/c25-24(26,27)28-44-18-15-9-41-47(36,37)45-13-7-16(33-6-5-11-3-1-2-4-12(11)33)42-14(13)8-40-48(38,39)46-19(18)22(43-15)34-10-30-17-20(34)31-23(29)32-21(17)35/h1-6,10,13-16,18-19,22H,7-9H2,(H,36,37)(H,38,39)(H3,29,31,32,35)/q-1/t13?,14-,15-,16-,18?,19?,22-/m1/s1. The predicted molar refractivity (Wildman–Crippen MR) is 149 cm³/mol. The molecule has 18 nitrogen and oxygen atoms in total. The van der Waals surface area contributed by atoms with Crippen molar-refractivity contribution in [2.45, 2.75) is 53.6 Å². The average Bonchev–Trinajstić information content (AvgIpc) is 3.77. The fraction of sp³-hybridized carbons (Fsp3) is 0.458. The van der Waals surface area contributed by atoms with E-state index in [1.54, 1.807) is 10.8 Å². The number of aromatic amines is 1. The van der Waals surface area contributed by atoms with Gasteiger partial charge in [-0.3, -0.25) is 0 Å². The van der Waals surface area contributed by atoms with Crippen molar-refractivity contribution in [3.8, 4) is 0 Å². The van der Waals surface area contributed by atoms with Crippen molar-refractivity contribution < 1.29 is 84.3 Å². The number of hydrogen-bond donors (Lipinski definition) is 4. The van der Waals surface area contributed by atoms with Gasteiger partial charge in [-0.25, -0.2) is 0 Å². The van der Waals surface area contributed by atoms with Crippen LogP contribution in [-0.2, 0) is 39.8 Å². The third-order valence-electron chi connectivity index (χ3n) is 7.69. The molecule has 5 unspecified atom stereocenters. The monoisotopic (exact) mass is 835 g/mol. The van der Waals surface area contributed by atoms with Gasteiger partial charge in [-0.2, -0.15) is 0 Å². The molecule has 9 atom stereocenters. The molecule has 262 valence electrons. The Morgan fingerprint density at radius 2 is 1.75 bits per heavy atom. The molecule has 4 aromatic rings. The molecule has 0 spiro atoms. The van der Waals surface area contributed by atoms with E-state index >= 15 is 0 Å². The number of aromatic nitrogens is 5. The number of nitrogen functional groups attached to an aromatic ring is 1. The van der Waals surface area contributed by atoms with Gasteiger partial charge in [0.25, 0.3) is 0 Å². The molecular weight excluding hydrogens is 810 g/mol. The topological polar surface area (TPSA) is 234 Å². The zero-order valence-electron chi connectivity index (χ0n) is 24.0. The van der Waals surface area contributed by atoms with Crippen LogP contribution in [0.25, 0.3) is 22.1 Å². The molecule has 7 rings (SSSR count). The number of nitrogens with two attached hydrogens (primary N) is 1. The van der Waals surface area contributed by atoms with E-state index in [2.05, 4.69) is 15.0 Å². The molecule has 3 aromatic heterocycles. The van der Waals surface area contributed by atoms with Crippen molar-refractivity contribution in [3.05, 3.63) is 53.2 Å². The number of hydrogen-bond acceptors (Lipinski definition) is 13. The number of phosphoric ester groups is 2. The Hall–Kier alpha value is -2.47. The van der Waals surface area contributed by atoms with Crippen LogP contribution in [0.2, 0.25) is 0 Å².